The molecule has 1 saturated carbocycles. The molecule has 0 aromatic heterocycles. The van der Waals surface area contributed by atoms with Crippen LogP contribution < -0.4 is 5.32 Å². The van der Waals surface area contributed by atoms with Gasteiger partial charge < -0.3 is 15.0 Å². The Hall–Kier alpha value is -2.04. The van der Waals surface area contributed by atoms with E-state index < -0.39 is 5.60 Å². The Bertz CT molecular complexity index is 629. The number of nitrogens with zero attached hydrogens (tertiary/aromatic N) is 1. The quantitative estimate of drug-likeness (QED) is 0.896. The third kappa shape index (κ3) is 4.97. The Labute approximate surface area is 149 Å². The highest BCUT2D eigenvalue weighted by molar-refractivity contribution is 5.93. The summed E-state index contributed by atoms with van der Waals surface area (Å²) in [4.78, 5) is 26.4. The molecule has 1 aliphatic heterocycles. The van der Waals surface area contributed by atoms with E-state index in [1.54, 1.807) is 4.90 Å². The fourth-order valence-electron chi connectivity index (χ4n) is 3.18. The molecule has 1 aliphatic carbocycles. The summed E-state index contributed by atoms with van der Waals surface area (Å²) >= 11 is 0. The van der Waals surface area contributed by atoms with E-state index in [0.717, 1.165) is 18.5 Å². The van der Waals surface area contributed by atoms with Gasteiger partial charge >= 0.3 is 6.09 Å². The minimum atomic E-state index is -0.518. The van der Waals surface area contributed by atoms with Crippen molar-refractivity contribution in [3.63, 3.8) is 0 Å². The minimum absolute atomic E-state index is 0.0209. The predicted octanol–water partition coefficient (Wildman–Crippen LogP) is 4.15. The fourth-order valence-corrected chi connectivity index (χ4v) is 3.18. The number of benzene rings is 1. The van der Waals surface area contributed by atoms with Gasteiger partial charge in [-0.3, -0.25) is 4.79 Å². The minimum Gasteiger partial charge on any atom is -0.444 e. The van der Waals surface area contributed by atoms with Gasteiger partial charge in [-0.05, 0) is 70.1 Å². The van der Waals surface area contributed by atoms with Gasteiger partial charge in [-0.2, -0.15) is 0 Å². The van der Waals surface area contributed by atoms with E-state index in [2.05, 4.69) is 17.4 Å². The van der Waals surface area contributed by atoms with Gasteiger partial charge in [-0.1, -0.05) is 12.1 Å². The van der Waals surface area contributed by atoms with Gasteiger partial charge in [0.1, 0.15) is 5.60 Å². The zero-order chi connectivity index (χ0) is 18.0. The molecule has 5 nitrogen and oxygen atoms in total. The topological polar surface area (TPSA) is 58.6 Å². The molecular weight excluding hydrogens is 316 g/mol. The summed E-state index contributed by atoms with van der Waals surface area (Å²) < 4.78 is 5.42. The van der Waals surface area contributed by atoms with Gasteiger partial charge in [0.2, 0.25) is 5.91 Å². The maximum Gasteiger partial charge on any atom is 0.410 e. The maximum atomic E-state index is 12.6. The van der Waals surface area contributed by atoms with Crippen LogP contribution in [0.3, 0.4) is 0 Å². The molecule has 2 amide bonds. The first-order chi connectivity index (χ1) is 11.8. The van der Waals surface area contributed by atoms with Gasteiger partial charge in [0.25, 0.3) is 0 Å². The molecule has 1 aromatic rings. The van der Waals surface area contributed by atoms with Crippen molar-refractivity contribution in [2.75, 3.05) is 18.4 Å². The Morgan fingerprint density at radius 3 is 2.40 bits per heavy atom. The number of anilines is 1. The SMILES string of the molecule is CC(C)(C)OC(=O)N1CCC[C@@H](C(=O)Nc2ccc(C3CC3)cc2)C1. The summed E-state index contributed by atoms with van der Waals surface area (Å²) in [6.45, 7) is 6.62. The highest BCUT2D eigenvalue weighted by Crippen LogP contribution is 2.40. The van der Waals surface area contributed by atoms with Crippen LogP contribution in [-0.4, -0.2) is 35.6 Å². The van der Waals surface area contributed by atoms with Gasteiger partial charge in [0.15, 0.2) is 0 Å². The van der Waals surface area contributed by atoms with Crippen molar-refractivity contribution in [1.82, 2.24) is 4.90 Å². The molecule has 3 rings (SSSR count). The Balaban J connectivity index is 1.55. The van der Waals surface area contributed by atoms with Crippen molar-refractivity contribution >= 4 is 17.7 Å². The van der Waals surface area contributed by atoms with Crippen LogP contribution in [0.4, 0.5) is 10.5 Å². The number of piperidine rings is 1. The molecular formula is C20H28N2O3. The molecule has 25 heavy (non-hydrogen) atoms. The summed E-state index contributed by atoms with van der Waals surface area (Å²) in [6, 6.07) is 8.14. The number of carbonyl (C=O) groups is 2. The lowest BCUT2D eigenvalue weighted by molar-refractivity contribution is -0.121. The first-order valence-corrected chi connectivity index (χ1v) is 9.20. The van der Waals surface area contributed by atoms with E-state index >= 15 is 0 Å². The molecule has 0 radical (unpaired) electrons. The summed E-state index contributed by atoms with van der Waals surface area (Å²) in [5.74, 6) is 0.502. The number of rotatable bonds is 3. The highest BCUT2D eigenvalue weighted by Gasteiger charge is 2.31. The second-order valence-corrected chi connectivity index (χ2v) is 8.15. The second-order valence-electron chi connectivity index (χ2n) is 8.15. The summed E-state index contributed by atoms with van der Waals surface area (Å²) in [5, 5.41) is 2.99. The maximum absolute atomic E-state index is 12.6. The molecule has 1 aromatic carbocycles. The molecule has 2 fully saturated rings. The number of amides is 2. The van der Waals surface area contributed by atoms with Crippen LogP contribution in [0, 0.1) is 5.92 Å². The van der Waals surface area contributed by atoms with E-state index in [0.29, 0.717) is 19.0 Å². The standard InChI is InChI=1S/C20H28N2O3/c1-20(2,3)25-19(24)22-12-4-5-16(13-22)18(23)21-17-10-8-15(9-11-17)14-6-7-14/h8-11,14,16H,4-7,12-13H2,1-3H3,(H,21,23)/t16-/m1/s1. The average Bonchev–Trinajstić information content (AvgIpc) is 3.39. The average molecular weight is 344 g/mol. The summed E-state index contributed by atoms with van der Waals surface area (Å²) in [6.07, 6.45) is 3.82. The van der Waals surface area contributed by atoms with Crippen molar-refractivity contribution in [3.8, 4) is 0 Å². The zero-order valence-corrected chi connectivity index (χ0v) is 15.4. The number of ether oxygens (including phenoxy) is 1. The molecule has 5 heteroatoms. The number of hydrogen-bond donors (Lipinski definition) is 1. The Morgan fingerprint density at radius 1 is 1.12 bits per heavy atom. The molecule has 0 bridgehead atoms. The zero-order valence-electron chi connectivity index (χ0n) is 15.4. The molecule has 1 saturated heterocycles. The lowest BCUT2D eigenvalue weighted by atomic mass is 9.97. The molecule has 0 spiro atoms. The van der Waals surface area contributed by atoms with E-state index in [4.69, 9.17) is 4.74 Å². The number of hydrogen-bond acceptors (Lipinski definition) is 3. The van der Waals surface area contributed by atoms with Crippen molar-refractivity contribution < 1.29 is 14.3 Å². The summed E-state index contributed by atoms with van der Waals surface area (Å²) in [7, 11) is 0. The second kappa shape index (κ2) is 7.06. The predicted molar refractivity (Wildman–Crippen MR) is 97.6 cm³/mol. The van der Waals surface area contributed by atoms with Gasteiger partial charge in [0.05, 0.1) is 5.92 Å². The smallest absolute Gasteiger partial charge is 0.410 e. The van der Waals surface area contributed by atoms with E-state index in [9.17, 15) is 9.59 Å². The van der Waals surface area contributed by atoms with Crippen LogP contribution in [0.1, 0.15) is 57.9 Å². The highest BCUT2D eigenvalue weighted by atomic mass is 16.6. The van der Waals surface area contributed by atoms with Crippen molar-refractivity contribution in [2.24, 2.45) is 5.92 Å². The first kappa shape index (κ1) is 17.8. The normalized spacial score (nSPS) is 20.9. The van der Waals surface area contributed by atoms with Crippen LogP contribution in [0.15, 0.2) is 24.3 Å². The Morgan fingerprint density at radius 2 is 1.80 bits per heavy atom. The Kier molecular flexibility index (Phi) is 5.02. The molecule has 0 unspecified atom stereocenters. The van der Waals surface area contributed by atoms with Gasteiger partial charge in [-0.15, -0.1) is 0 Å². The largest absolute Gasteiger partial charge is 0.444 e. The third-order valence-electron chi connectivity index (χ3n) is 4.67. The van der Waals surface area contributed by atoms with E-state index in [-0.39, 0.29) is 17.9 Å². The lowest BCUT2D eigenvalue weighted by Gasteiger charge is -2.33. The molecule has 136 valence electrons. The molecule has 1 atom stereocenters. The molecule has 1 N–H and O–H groups in total. The van der Waals surface area contributed by atoms with Gasteiger partial charge in [-0.25, -0.2) is 4.79 Å². The van der Waals surface area contributed by atoms with Crippen LogP contribution >= 0.6 is 0 Å². The lowest BCUT2D eigenvalue weighted by Crippen LogP contribution is -2.45. The monoisotopic (exact) mass is 344 g/mol. The number of nitrogens with one attached hydrogen (secondary N) is 1. The van der Waals surface area contributed by atoms with Crippen LogP contribution in [0.5, 0.6) is 0 Å². The van der Waals surface area contributed by atoms with E-state index in [1.807, 2.05) is 32.9 Å². The number of likely N-dealkylation sites (tertiary alicyclic amines) is 1. The number of carbonyl (C=O) groups excluding carboxylic acids is 2. The molecule has 1 heterocycles. The fraction of sp³-hybridized carbons (Fsp3) is 0.600. The van der Waals surface area contributed by atoms with Crippen molar-refractivity contribution in [1.29, 1.82) is 0 Å². The van der Waals surface area contributed by atoms with Crippen LogP contribution in [0.2, 0.25) is 0 Å². The van der Waals surface area contributed by atoms with E-state index in [1.165, 1.54) is 18.4 Å². The first-order valence-electron chi connectivity index (χ1n) is 9.20. The van der Waals surface area contributed by atoms with Gasteiger partial charge in [0, 0.05) is 18.8 Å². The molecule has 2 aliphatic rings. The summed E-state index contributed by atoms with van der Waals surface area (Å²) in [5.41, 5.74) is 1.66. The van der Waals surface area contributed by atoms with Crippen LogP contribution in [0.25, 0.3) is 0 Å². The van der Waals surface area contributed by atoms with Crippen molar-refractivity contribution in [3.05, 3.63) is 29.8 Å². The third-order valence-corrected chi connectivity index (χ3v) is 4.67. The van der Waals surface area contributed by atoms with Crippen molar-refractivity contribution in [2.45, 2.75) is 58.0 Å². The van der Waals surface area contributed by atoms with Crippen LogP contribution in [-0.2, 0) is 9.53 Å².